The number of piperidine rings is 1. The minimum absolute atomic E-state index is 0.00254. The minimum atomic E-state index is -0.00254. The van der Waals surface area contributed by atoms with Crippen molar-refractivity contribution in [2.45, 2.75) is 64.7 Å². The molecule has 1 atom stereocenters. The van der Waals surface area contributed by atoms with Crippen LogP contribution < -0.4 is 5.32 Å². The molecule has 3 heteroatoms. The number of ether oxygens (including phenoxy) is 1. The lowest BCUT2D eigenvalue weighted by atomic mass is 9.96. The highest BCUT2D eigenvalue weighted by atomic mass is 16.5. The maximum absolute atomic E-state index is 11.6. The Morgan fingerprint density at radius 2 is 2.00 bits per heavy atom. The lowest BCUT2D eigenvalue weighted by molar-refractivity contribution is -0.145. The first-order valence-electron chi connectivity index (χ1n) is 7.69. The summed E-state index contributed by atoms with van der Waals surface area (Å²) in [5, 5.41) is 3.33. The molecular formula is C15H29NO2. The van der Waals surface area contributed by atoms with Crippen LogP contribution in [0.25, 0.3) is 0 Å². The molecule has 3 nitrogen and oxygen atoms in total. The van der Waals surface area contributed by atoms with Crippen molar-refractivity contribution in [1.29, 1.82) is 0 Å². The lowest BCUT2D eigenvalue weighted by Gasteiger charge is -2.21. The predicted octanol–water partition coefficient (Wildman–Crippen LogP) is 3.28. The van der Waals surface area contributed by atoms with E-state index in [1.807, 2.05) is 0 Å². The van der Waals surface area contributed by atoms with Gasteiger partial charge in [0.2, 0.25) is 0 Å². The summed E-state index contributed by atoms with van der Waals surface area (Å²) >= 11 is 0. The van der Waals surface area contributed by atoms with Crippen LogP contribution in [0.5, 0.6) is 0 Å². The molecule has 0 aromatic rings. The van der Waals surface area contributed by atoms with Gasteiger partial charge in [0.15, 0.2) is 0 Å². The van der Waals surface area contributed by atoms with Gasteiger partial charge in [0.25, 0.3) is 0 Å². The SMILES string of the molecule is CCCCCCCCOC(=O)CC1CCCNC1. The highest BCUT2D eigenvalue weighted by molar-refractivity contribution is 5.69. The van der Waals surface area contributed by atoms with E-state index >= 15 is 0 Å². The van der Waals surface area contributed by atoms with E-state index in [1.165, 1.54) is 44.9 Å². The molecule has 0 aromatic heterocycles. The molecule has 18 heavy (non-hydrogen) atoms. The van der Waals surface area contributed by atoms with Crippen molar-refractivity contribution < 1.29 is 9.53 Å². The molecule has 0 amide bonds. The Bertz CT molecular complexity index is 213. The summed E-state index contributed by atoms with van der Waals surface area (Å²) in [7, 11) is 0. The minimum Gasteiger partial charge on any atom is -0.466 e. The average Bonchev–Trinajstić information content (AvgIpc) is 2.39. The fourth-order valence-corrected chi connectivity index (χ4v) is 2.46. The molecule has 1 aliphatic rings. The first-order chi connectivity index (χ1) is 8.83. The molecular weight excluding hydrogens is 226 g/mol. The summed E-state index contributed by atoms with van der Waals surface area (Å²) in [5.41, 5.74) is 0. The van der Waals surface area contributed by atoms with Crippen LogP contribution in [0.15, 0.2) is 0 Å². The third-order valence-corrected chi connectivity index (χ3v) is 3.62. The first kappa shape index (κ1) is 15.5. The van der Waals surface area contributed by atoms with Gasteiger partial charge in [-0.1, -0.05) is 39.0 Å². The smallest absolute Gasteiger partial charge is 0.306 e. The molecule has 0 bridgehead atoms. The van der Waals surface area contributed by atoms with E-state index in [1.54, 1.807) is 0 Å². The number of unbranched alkanes of at least 4 members (excludes halogenated alkanes) is 5. The van der Waals surface area contributed by atoms with Gasteiger partial charge < -0.3 is 10.1 Å². The van der Waals surface area contributed by atoms with E-state index in [9.17, 15) is 4.79 Å². The maximum Gasteiger partial charge on any atom is 0.306 e. The van der Waals surface area contributed by atoms with Crippen molar-refractivity contribution in [2.75, 3.05) is 19.7 Å². The van der Waals surface area contributed by atoms with E-state index in [-0.39, 0.29) is 5.97 Å². The topological polar surface area (TPSA) is 38.3 Å². The molecule has 1 saturated heterocycles. The van der Waals surface area contributed by atoms with Crippen LogP contribution in [0, 0.1) is 5.92 Å². The number of rotatable bonds is 9. The van der Waals surface area contributed by atoms with Crippen molar-refractivity contribution in [2.24, 2.45) is 5.92 Å². The van der Waals surface area contributed by atoms with Gasteiger partial charge in [-0.25, -0.2) is 0 Å². The van der Waals surface area contributed by atoms with Gasteiger partial charge in [0.1, 0.15) is 0 Å². The molecule has 0 aromatic carbocycles. The van der Waals surface area contributed by atoms with Crippen molar-refractivity contribution >= 4 is 5.97 Å². The monoisotopic (exact) mass is 255 g/mol. The number of carbonyl (C=O) groups excluding carboxylic acids is 1. The Balaban J connectivity index is 1.90. The van der Waals surface area contributed by atoms with Gasteiger partial charge in [-0.15, -0.1) is 0 Å². The Morgan fingerprint density at radius 3 is 2.72 bits per heavy atom. The Hall–Kier alpha value is -0.570. The van der Waals surface area contributed by atoms with Gasteiger partial charge >= 0.3 is 5.97 Å². The highest BCUT2D eigenvalue weighted by Crippen LogP contribution is 2.14. The molecule has 0 saturated carbocycles. The molecule has 0 aliphatic carbocycles. The number of esters is 1. The van der Waals surface area contributed by atoms with E-state index in [0.29, 0.717) is 18.9 Å². The van der Waals surface area contributed by atoms with Crippen LogP contribution in [0.3, 0.4) is 0 Å². The van der Waals surface area contributed by atoms with Gasteiger partial charge in [-0.05, 0) is 38.3 Å². The van der Waals surface area contributed by atoms with Gasteiger partial charge in [-0.2, -0.15) is 0 Å². The Kier molecular flexibility index (Phi) is 8.92. The van der Waals surface area contributed by atoms with Gasteiger partial charge in [0.05, 0.1) is 6.61 Å². The third-order valence-electron chi connectivity index (χ3n) is 3.62. The summed E-state index contributed by atoms with van der Waals surface area (Å²) in [6.07, 6.45) is 10.4. The second-order valence-electron chi connectivity index (χ2n) is 5.40. The standard InChI is InChI=1S/C15H29NO2/c1-2-3-4-5-6-7-11-18-15(17)12-14-9-8-10-16-13-14/h14,16H,2-13H2,1H3. The molecule has 1 unspecified atom stereocenters. The second kappa shape index (κ2) is 10.4. The number of hydrogen-bond donors (Lipinski definition) is 1. The summed E-state index contributed by atoms with van der Waals surface area (Å²) in [6.45, 7) is 4.92. The zero-order chi connectivity index (χ0) is 13.1. The zero-order valence-electron chi connectivity index (χ0n) is 11.9. The quantitative estimate of drug-likeness (QED) is 0.507. The summed E-state index contributed by atoms with van der Waals surface area (Å²) in [5.74, 6) is 0.494. The first-order valence-corrected chi connectivity index (χ1v) is 7.69. The number of carbonyl (C=O) groups is 1. The van der Waals surface area contributed by atoms with Gasteiger partial charge in [-0.3, -0.25) is 4.79 Å². The second-order valence-corrected chi connectivity index (χ2v) is 5.40. The highest BCUT2D eigenvalue weighted by Gasteiger charge is 2.17. The molecule has 1 fully saturated rings. The molecule has 0 spiro atoms. The summed E-state index contributed by atoms with van der Waals surface area (Å²) in [4.78, 5) is 11.6. The zero-order valence-corrected chi connectivity index (χ0v) is 11.9. The molecule has 106 valence electrons. The van der Waals surface area contributed by atoms with Crippen molar-refractivity contribution in [3.8, 4) is 0 Å². The molecule has 0 radical (unpaired) electrons. The van der Waals surface area contributed by atoms with Crippen LogP contribution in [0.2, 0.25) is 0 Å². The van der Waals surface area contributed by atoms with Crippen molar-refractivity contribution in [3.05, 3.63) is 0 Å². The normalized spacial score (nSPS) is 19.7. The number of hydrogen-bond acceptors (Lipinski definition) is 3. The van der Waals surface area contributed by atoms with E-state index in [2.05, 4.69) is 12.2 Å². The van der Waals surface area contributed by atoms with Gasteiger partial charge in [0, 0.05) is 6.42 Å². The summed E-state index contributed by atoms with van der Waals surface area (Å²) in [6, 6.07) is 0. The fourth-order valence-electron chi connectivity index (χ4n) is 2.46. The Labute approximate surface area is 112 Å². The van der Waals surface area contributed by atoms with Crippen LogP contribution in [-0.4, -0.2) is 25.7 Å². The molecule has 1 aliphatic heterocycles. The third kappa shape index (κ3) is 7.70. The van der Waals surface area contributed by atoms with E-state index in [4.69, 9.17) is 4.74 Å². The predicted molar refractivity (Wildman–Crippen MR) is 74.5 cm³/mol. The fraction of sp³-hybridized carbons (Fsp3) is 0.933. The average molecular weight is 255 g/mol. The molecule has 1 rings (SSSR count). The Morgan fingerprint density at radius 1 is 1.22 bits per heavy atom. The molecule has 1 N–H and O–H groups in total. The number of nitrogens with one attached hydrogen (secondary N) is 1. The van der Waals surface area contributed by atoms with Crippen molar-refractivity contribution in [1.82, 2.24) is 5.32 Å². The van der Waals surface area contributed by atoms with Crippen LogP contribution in [0.1, 0.15) is 64.7 Å². The largest absolute Gasteiger partial charge is 0.466 e. The molecule has 1 heterocycles. The summed E-state index contributed by atoms with van der Waals surface area (Å²) < 4.78 is 5.28. The van der Waals surface area contributed by atoms with Crippen LogP contribution in [-0.2, 0) is 9.53 Å². The maximum atomic E-state index is 11.6. The van der Waals surface area contributed by atoms with E-state index < -0.39 is 0 Å². The van der Waals surface area contributed by atoms with E-state index in [0.717, 1.165) is 19.5 Å². The van der Waals surface area contributed by atoms with Crippen molar-refractivity contribution in [3.63, 3.8) is 0 Å². The van der Waals surface area contributed by atoms with Crippen LogP contribution >= 0.6 is 0 Å². The van der Waals surface area contributed by atoms with Crippen LogP contribution in [0.4, 0.5) is 0 Å². The lowest BCUT2D eigenvalue weighted by Crippen LogP contribution is -2.31.